The summed E-state index contributed by atoms with van der Waals surface area (Å²) in [5.41, 5.74) is 9.40. The van der Waals surface area contributed by atoms with Crippen LogP contribution in [0.3, 0.4) is 0 Å². The van der Waals surface area contributed by atoms with E-state index in [2.05, 4.69) is 6.07 Å². The van der Waals surface area contributed by atoms with Crippen LogP contribution in [0.1, 0.15) is 11.1 Å². The predicted molar refractivity (Wildman–Crippen MR) is 87.3 cm³/mol. The Morgan fingerprint density at radius 1 is 1.14 bits per heavy atom. The van der Waals surface area contributed by atoms with Gasteiger partial charge in [-0.2, -0.15) is 0 Å². The minimum absolute atomic E-state index is 0.177. The molecule has 0 radical (unpaired) electrons. The summed E-state index contributed by atoms with van der Waals surface area (Å²) in [5.74, 6) is 0. The van der Waals surface area contributed by atoms with E-state index < -0.39 is 9.84 Å². The van der Waals surface area contributed by atoms with E-state index in [1.165, 1.54) is 17.9 Å². The standard InChI is InChI=1S/C16H20N2O2S/c1-12-6-4-7-13(10-12)11-18(2)14-8-5-9-15(16(14)17)21(3,19)20/h4-10H,11,17H2,1-3H3. The molecule has 112 valence electrons. The third kappa shape index (κ3) is 3.55. The average molecular weight is 304 g/mol. The molecule has 21 heavy (non-hydrogen) atoms. The van der Waals surface area contributed by atoms with E-state index in [4.69, 9.17) is 5.73 Å². The summed E-state index contributed by atoms with van der Waals surface area (Å²) >= 11 is 0. The van der Waals surface area contributed by atoms with Gasteiger partial charge in [-0.25, -0.2) is 8.42 Å². The molecule has 0 aliphatic heterocycles. The van der Waals surface area contributed by atoms with Crippen LogP contribution < -0.4 is 10.6 Å². The van der Waals surface area contributed by atoms with Crippen molar-refractivity contribution in [1.29, 1.82) is 0 Å². The van der Waals surface area contributed by atoms with Crippen LogP contribution in [-0.4, -0.2) is 21.7 Å². The molecular weight excluding hydrogens is 284 g/mol. The van der Waals surface area contributed by atoms with Gasteiger partial charge in [0.05, 0.1) is 16.3 Å². The molecule has 0 saturated heterocycles. The zero-order valence-corrected chi connectivity index (χ0v) is 13.3. The molecule has 0 bridgehead atoms. The number of rotatable bonds is 4. The second-order valence-corrected chi connectivity index (χ2v) is 7.29. The second-order valence-electron chi connectivity index (χ2n) is 5.31. The highest BCUT2D eigenvalue weighted by molar-refractivity contribution is 7.90. The molecule has 0 spiro atoms. The molecule has 2 aromatic rings. The number of para-hydroxylation sites is 1. The van der Waals surface area contributed by atoms with Crippen LogP contribution in [-0.2, 0) is 16.4 Å². The van der Waals surface area contributed by atoms with Crippen molar-refractivity contribution < 1.29 is 8.42 Å². The fourth-order valence-electron chi connectivity index (χ4n) is 2.36. The van der Waals surface area contributed by atoms with Crippen molar-refractivity contribution in [2.75, 3.05) is 23.9 Å². The number of anilines is 2. The number of hydrogen-bond acceptors (Lipinski definition) is 4. The Labute approximate surface area is 126 Å². The quantitative estimate of drug-likeness (QED) is 0.882. The summed E-state index contributed by atoms with van der Waals surface area (Å²) in [6, 6.07) is 13.3. The largest absolute Gasteiger partial charge is 0.396 e. The molecule has 2 rings (SSSR count). The van der Waals surface area contributed by atoms with Gasteiger partial charge in [-0.15, -0.1) is 0 Å². The van der Waals surface area contributed by atoms with Crippen molar-refractivity contribution in [2.45, 2.75) is 18.4 Å². The summed E-state index contributed by atoms with van der Waals surface area (Å²) in [5, 5.41) is 0. The third-order valence-electron chi connectivity index (χ3n) is 3.36. The Hall–Kier alpha value is -2.01. The number of nitrogens with zero attached hydrogens (tertiary/aromatic N) is 1. The molecule has 2 aromatic carbocycles. The SMILES string of the molecule is Cc1cccc(CN(C)c2cccc(S(C)(=O)=O)c2N)c1. The van der Waals surface area contributed by atoms with Gasteiger partial charge < -0.3 is 10.6 Å². The smallest absolute Gasteiger partial charge is 0.177 e. The number of hydrogen-bond donors (Lipinski definition) is 1. The lowest BCUT2D eigenvalue weighted by Gasteiger charge is -2.22. The lowest BCUT2D eigenvalue weighted by Crippen LogP contribution is -2.19. The average Bonchev–Trinajstić information content (AvgIpc) is 2.37. The van der Waals surface area contributed by atoms with Gasteiger partial charge in [0, 0.05) is 19.8 Å². The lowest BCUT2D eigenvalue weighted by molar-refractivity contribution is 0.602. The molecule has 0 heterocycles. The van der Waals surface area contributed by atoms with Gasteiger partial charge in [0.25, 0.3) is 0 Å². The van der Waals surface area contributed by atoms with E-state index in [0.29, 0.717) is 12.2 Å². The molecule has 0 aliphatic carbocycles. The maximum atomic E-state index is 11.7. The first kappa shape index (κ1) is 15.4. The van der Waals surface area contributed by atoms with Crippen LogP contribution in [0.15, 0.2) is 47.4 Å². The van der Waals surface area contributed by atoms with Crippen molar-refractivity contribution in [3.05, 3.63) is 53.6 Å². The van der Waals surface area contributed by atoms with Crippen molar-refractivity contribution in [2.24, 2.45) is 0 Å². The normalized spacial score (nSPS) is 11.4. The third-order valence-corrected chi connectivity index (χ3v) is 4.51. The topological polar surface area (TPSA) is 63.4 Å². The van der Waals surface area contributed by atoms with Gasteiger partial charge in [0.1, 0.15) is 0 Å². The van der Waals surface area contributed by atoms with Crippen LogP contribution in [0.4, 0.5) is 11.4 Å². The highest BCUT2D eigenvalue weighted by Gasteiger charge is 2.16. The summed E-state index contributed by atoms with van der Waals surface area (Å²) < 4.78 is 23.5. The molecule has 0 saturated carbocycles. The molecule has 2 N–H and O–H groups in total. The summed E-state index contributed by atoms with van der Waals surface area (Å²) in [7, 11) is -1.42. The number of sulfone groups is 1. The molecule has 0 amide bonds. The fourth-order valence-corrected chi connectivity index (χ4v) is 3.19. The first-order valence-corrected chi connectivity index (χ1v) is 8.53. The summed E-state index contributed by atoms with van der Waals surface area (Å²) in [6.07, 6.45) is 1.17. The molecular formula is C16H20N2O2S. The predicted octanol–water partition coefficient (Wildman–Crippen LogP) is 2.62. The second kappa shape index (κ2) is 5.77. The van der Waals surface area contributed by atoms with Crippen LogP contribution in [0.2, 0.25) is 0 Å². The Morgan fingerprint density at radius 3 is 2.43 bits per heavy atom. The van der Waals surface area contributed by atoms with Gasteiger partial charge in [-0.3, -0.25) is 0 Å². The summed E-state index contributed by atoms with van der Waals surface area (Å²) in [6.45, 7) is 2.71. The highest BCUT2D eigenvalue weighted by atomic mass is 32.2. The van der Waals surface area contributed by atoms with Crippen molar-refractivity contribution in [3.63, 3.8) is 0 Å². The van der Waals surface area contributed by atoms with Crippen molar-refractivity contribution >= 4 is 21.2 Å². The van der Waals surface area contributed by atoms with Crippen molar-refractivity contribution in [3.8, 4) is 0 Å². The van der Waals surface area contributed by atoms with Gasteiger partial charge in [-0.05, 0) is 24.6 Å². The Bertz CT molecular complexity index is 755. The Balaban J connectivity index is 2.34. The number of nitrogen functional groups attached to an aromatic ring is 1. The maximum absolute atomic E-state index is 11.7. The van der Waals surface area contributed by atoms with Crippen LogP contribution >= 0.6 is 0 Å². The van der Waals surface area contributed by atoms with Gasteiger partial charge in [-0.1, -0.05) is 35.9 Å². The minimum Gasteiger partial charge on any atom is -0.396 e. The van der Waals surface area contributed by atoms with Gasteiger partial charge in [0.15, 0.2) is 9.84 Å². The number of nitrogens with two attached hydrogens (primary N) is 1. The number of benzene rings is 2. The fraction of sp³-hybridized carbons (Fsp3) is 0.250. The monoisotopic (exact) mass is 304 g/mol. The molecule has 0 atom stereocenters. The van der Waals surface area contributed by atoms with Crippen molar-refractivity contribution in [1.82, 2.24) is 0 Å². The van der Waals surface area contributed by atoms with E-state index in [9.17, 15) is 8.42 Å². The van der Waals surface area contributed by atoms with Crippen LogP contribution in [0.25, 0.3) is 0 Å². The minimum atomic E-state index is -3.32. The Morgan fingerprint density at radius 2 is 1.81 bits per heavy atom. The van der Waals surface area contributed by atoms with E-state index in [1.807, 2.05) is 43.1 Å². The van der Waals surface area contributed by atoms with E-state index >= 15 is 0 Å². The molecule has 0 unspecified atom stereocenters. The van der Waals surface area contributed by atoms with E-state index in [1.54, 1.807) is 6.07 Å². The van der Waals surface area contributed by atoms with Crippen LogP contribution in [0, 0.1) is 6.92 Å². The summed E-state index contributed by atoms with van der Waals surface area (Å²) in [4.78, 5) is 2.13. The highest BCUT2D eigenvalue weighted by Crippen LogP contribution is 2.29. The number of aryl methyl sites for hydroxylation is 1. The molecule has 4 nitrogen and oxygen atoms in total. The van der Waals surface area contributed by atoms with E-state index in [-0.39, 0.29) is 4.90 Å². The molecule has 5 heteroatoms. The lowest BCUT2D eigenvalue weighted by atomic mass is 10.1. The van der Waals surface area contributed by atoms with Crippen LogP contribution in [0.5, 0.6) is 0 Å². The van der Waals surface area contributed by atoms with E-state index in [0.717, 1.165) is 11.3 Å². The zero-order chi connectivity index (χ0) is 15.6. The first-order chi connectivity index (χ1) is 9.79. The zero-order valence-electron chi connectivity index (χ0n) is 12.5. The maximum Gasteiger partial charge on any atom is 0.177 e. The molecule has 0 aromatic heterocycles. The molecule has 0 aliphatic rings. The molecule has 0 fully saturated rings. The van der Waals surface area contributed by atoms with Gasteiger partial charge >= 0.3 is 0 Å². The van der Waals surface area contributed by atoms with Gasteiger partial charge in [0.2, 0.25) is 0 Å². The first-order valence-electron chi connectivity index (χ1n) is 6.64. The Kier molecular flexibility index (Phi) is 4.23.